The van der Waals surface area contributed by atoms with Crippen LogP contribution in [0, 0.1) is 13.8 Å². The predicted octanol–water partition coefficient (Wildman–Crippen LogP) is 3.56. The van der Waals surface area contributed by atoms with Gasteiger partial charge in [-0.25, -0.2) is 4.98 Å². The number of hydrogen-bond acceptors (Lipinski definition) is 5. The van der Waals surface area contributed by atoms with E-state index in [2.05, 4.69) is 4.98 Å². The first-order chi connectivity index (χ1) is 9.10. The third kappa shape index (κ3) is 3.44. The average molecular weight is 278 g/mol. The number of ether oxygens (including phenoxy) is 1. The van der Waals surface area contributed by atoms with Crippen LogP contribution in [0.1, 0.15) is 23.9 Å². The second kappa shape index (κ2) is 6.02. The highest BCUT2D eigenvalue weighted by atomic mass is 32.2. The number of nitrogen functional groups attached to an aromatic ring is 1. The Labute approximate surface area is 117 Å². The lowest BCUT2D eigenvalue weighted by Gasteiger charge is -2.09. The maximum absolute atomic E-state index is 5.82. The SMILES string of the molecule is CCOc1ccc(N)cc1CSc1nc(C)c(C)o1. The number of thioether (sulfide) groups is 1. The van der Waals surface area contributed by atoms with Crippen molar-refractivity contribution in [3.8, 4) is 5.75 Å². The van der Waals surface area contributed by atoms with Crippen molar-refractivity contribution in [1.82, 2.24) is 4.98 Å². The lowest BCUT2D eigenvalue weighted by molar-refractivity contribution is 0.337. The van der Waals surface area contributed by atoms with Gasteiger partial charge < -0.3 is 14.9 Å². The number of anilines is 1. The van der Waals surface area contributed by atoms with E-state index in [1.807, 2.05) is 39.0 Å². The molecule has 0 saturated heterocycles. The first kappa shape index (κ1) is 13.8. The molecule has 0 aliphatic rings. The normalized spacial score (nSPS) is 10.7. The van der Waals surface area contributed by atoms with E-state index >= 15 is 0 Å². The van der Waals surface area contributed by atoms with E-state index in [-0.39, 0.29) is 0 Å². The molecule has 0 atom stereocenters. The second-order valence-electron chi connectivity index (χ2n) is 4.21. The molecule has 0 amide bonds. The molecule has 0 unspecified atom stereocenters. The maximum atomic E-state index is 5.82. The van der Waals surface area contributed by atoms with E-state index < -0.39 is 0 Å². The maximum Gasteiger partial charge on any atom is 0.256 e. The Balaban J connectivity index is 2.11. The Morgan fingerprint density at radius 1 is 1.37 bits per heavy atom. The minimum absolute atomic E-state index is 0.638. The van der Waals surface area contributed by atoms with Crippen molar-refractivity contribution in [1.29, 1.82) is 0 Å². The molecule has 1 aromatic heterocycles. The van der Waals surface area contributed by atoms with E-state index in [4.69, 9.17) is 14.9 Å². The summed E-state index contributed by atoms with van der Waals surface area (Å²) in [6.45, 7) is 6.46. The summed E-state index contributed by atoms with van der Waals surface area (Å²) in [5.74, 6) is 2.45. The minimum Gasteiger partial charge on any atom is -0.494 e. The highest BCUT2D eigenvalue weighted by molar-refractivity contribution is 7.98. The van der Waals surface area contributed by atoms with Gasteiger partial charge in [-0.2, -0.15) is 0 Å². The summed E-state index contributed by atoms with van der Waals surface area (Å²) in [5.41, 5.74) is 8.54. The highest BCUT2D eigenvalue weighted by Crippen LogP contribution is 2.30. The fourth-order valence-electron chi connectivity index (χ4n) is 1.65. The second-order valence-corrected chi connectivity index (χ2v) is 5.14. The molecule has 2 N–H and O–H groups in total. The summed E-state index contributed by atoms with van der Waals surface area (Å²) in [6, 6.07) is 5.68. The largest absolute Gasteiger partial charge is 0.494 e. The predicted molar refractivity (Wildman–Crippen MR) is 77.6 cm³/mol. The Morgan fingerprint density at radius 3 is 2.79 bits per heavy atom. The van der Waals surface area contributed by atoms with Crippen molar-refractivity contribution in [2.45, 2.75) is 31.7 Å². The molecule has 0 fully saturated rings. The van der Waals surface area contributed by atoms with Crippen molar-refractivity contribution in [2.24, 2.45) is 0 Å². The van der Waals surface area contributed by atoms with Gasteiger partial charge in [0.15, 0.2) is 0 Å². The van der Waals surface area contributed by atoms with Crippen LogP contribution in [0.2, 0.25) is 0 Å². The van der Waals surface area contributed by atoms with Crippen LogP contribution in [0.4, 0.5) is 5.69 Å². The number of hydrogen-bond donors (Lipinski definition) is 1. The molecule has 0 aliphatic heterocycles. The van der Waals surface area contributed by atoms with E-state index in [9.17, 15) is 0 Å². The van der Waals surface area contributed by atoms with Crippen molar-refractivity contribution in [3.63, 3.8) is 0 Å². The molecule has 0 bridgehead atoms. The van der Waals surface area contributed by atoms with Crippen LogP contribution in [0.3, 0.4) is 0 Å². The quantitative estimate of drug-likeness (QED) is 0.669. The molecule has 19 heavy (non-hydrogen) atoms. The summed E-state index contributed by atoms with van der Waals surface area (Å²) in [7, 11) is 0. The molecule has 0 radical (unpaired) electrons. The molecule has 1 heterocycles. The van der Waals surface area contributed by atoms with E-state index in [0.29, 0.717) is 11.8 Å². The first-order valence-electron chi connectivity index (χ1n) is 6.18. The monoisotopic (exact) mass is 278 g/mol. The third-order valence-corrected chi connectivity index (χ3v) is 3.62. The Kier molecular flexibility index (Phi) is 4.37. The smallest absolute Gasteiger partial charge is 0.256 e. The van der Waals surface area contributed by atoms with Crippen molar-refractivity contribution < 1.29 is 9.15 Å². The molecule has 2 rings (SSSR count). The average Bonchev–Trinajstić information content (AvgIpc) is 2.69. The standard InChI is InChI=1S/C14H18N2O2S/c1-4-17-13-6-5-12(15)7-11(13)8-19-14-16-9(2)10(3)18-14/h5-7H,4,8,15H2,1-3H3. The van der Waals surface area contributed by atoms with Crippen LogP contribution in [0.25, 0.3) is 0 Å². The van der Waals surface area contributed by atoms with Crippen LogP contribution in [0.5, 0.6) is 5.75 Å². The van der Waals surface area contributed by atoms with Gasteiger partial charge in [-0.05, 0) is 39.0 Å². The van der Waals surface area contributed by atoms with E-state index in [1.54, 1.807) is 11.8 Å². The van der Waals surface area contributed by atoms with Crippen molar-refractivity contribution >= 4 is 17.4 Å². The summed E-state index contributed by atoms with van der Waals surface area (Å²) < 4.78 is 11.1. The number of oxazole rings is 1. The molecule has 0 saturated carbocycles. The van der Waals surface area contributed by atoms with Gasteiger partial charge in [-0.1, -0.05) is 11.8 Å². The van der Waals surface area contributed by atoms with E-state index in [1.165, 1.54) is 0 Å². The molecule has 4 nitrogen and oxygen atoms in total. The zero-order valence-electron chi connectivity index (χ0n) is 11.4. The molecule has 1 aromatic carbocycles. The van der Waals surface area contributed by atoms with Crippen LogP contribution < -0.4 is 10.5 Å². The first-order valence-corrected chi connectivity index (χ1v) is 7.16. The zero-order valence-corrected chi connectivity index (χ0v) is 12.2. The number of nitrogens with zero attached hydrogens (tertiary/aromatic N) is 1. The Bertz CT molecular complexity index is 547. The van der Waals surface area contributed by atoms with Crippen LogP contribution in [0.15, 0.2) is 27.8 Å². The molecule has 0 aliphatic carbocycles. The molecular weight excluding hydrogens is 260 g/mol. The molecule has 2 aromatic rings. The minimum atomic E-state index is 0.638. The molecule has 5 heteroatoms. The van der Waals surface area contributed by atoms with Gasteiger partial charge in [-0.15, -0.1) is 0 Å². The van der Waals surface area contributed by atoms with Crippen LogP contribution in [-0.2, 0) is 5.75 Å². The van der Waals surface area contributed by atoms with Crippen LogP contribution >= 0.6 is 11.8 Å². The number of aryl methyl sites for hydroxylation is 2. The highest BCUT2D eigenvalue weighted by Gasteiger charge is 2.09. The number of rotatable bonds is 5. The van der Waals surface area contributed by atoms with Gasteiger partial charge in [0, 0.05) is 17.0 Å². The van der Waals surface area contributed by atoms with Gasteiger partial charge in [0.1, 0.15) is 11.5 Å². The molecular formula is C14H18N2O2S. The van der Waals surface area contributed by atoms with Gasteiger partial charge in [0.25, 0.3) is 5.22 Å². The summed E-state index contributed by atoms with van der Waals surface area (Å²) >= 11 is 1.54. The Hall–Kier alpha value is -1.62. The Morgan fingerprint density at radius 2 is 2.16 bits per heavy atom. The molecule has 102 valence electrons. The summed E-state index contributed by atoms with van der Waals surface area (Å²) in [4.78, 5) is 4.35. The van der Waals surface area contributed by atoms with Crippen LogP contribution in [-0.4, -0.2) is 11.6 Å². The number of benzene rings is 1. The molecule has 0 spiro atoms. The lowest BCUT2D eigenvalue weighted by Crippen LogP contribution is -1.97. The fraction of sp³-hybridized carbons (Fsp3) is 0.357. The van der Waals surface area contributed by atoms with Gasteiger partial charge in [0.05, 0.1) is 12.3 Å². The topological polar surface area (TPSA) is 61.3 Å². The third-order valence-electron chi connectivity index (χ3n) is 2.74. The van der Waals surface area contributed by atoms with Crippen molar-refractivity contribution in [2.75, 3.05) is 12.3 Å². The van der Waals surface area contributed by atoms with Gasteiger partial charge in [-0.3, -0.25) is 0 Å². The van der Waals surface area contributed by atoms with Gasteiger partial charge >= 0.3 is 0 Å². The van der Waals surface area contributed by atoms with E-state index in [0.717, 1.165) is 34.2 Å². The van der Waals surface area contributed by atoms with Gasteiger partial charge in [0.2, 0.25) is 0 Å². The lowest BCUT2D eigenvalue weighted by atomic mass is 10.2. The summed E-state index contributed by atoms with van der Waals surface area (Å²) in [5, 5.41) is 0.680. The summed E-state index contributed by atoms with van der Waals surface area (Å²) in [6.07, 6.45) is 0. The number of aromatic nitrogens is 1. The number of nitrogens with two attached hydrogens (primary N) is 1. The fourth-order valence-corrected chi connectivity index (χ4v) is 2.54. The van der Waals surface area contributed by atoms with Crippen molar-refractivity contribution in [3.05, 3.63) is 35.2 Å². The zero-order chi connectivity index (χ0) is 13.8.